The highest BCUT2D eigenvalue weighted by atomic mass is 79.9. The molecule has 21 heavy (non-hydrogen) atoms. The van der Waals surface area contributed by atoms with E-state index in [4.69, 9.17) is 4.42 Å². The van der Waals surface area contributed by atoms with E-state index >= 15 is 0 Å². The number of phenolic OH excluding ortho intramolecular Hbond substituents is 1. The second-order valence-corrected chi connectivity index (χ2v) is 5.40. The number of aromatic hydroxyl groups is 1. The third-order valence-corrected chi connectivity index (χ3v) is 3.52. The molecule has 0 amide bonds. The second kappa shape index (κ2) is 5.18. The van der Waals surface area contributed by atoms with Gasteiger partial charge >= 0.3 is 5.63 Å². The normalized spacial score (nSPS) is 10.7. The van der Waals surface area contributed by atoms with E-state index in [0.717, 1.165) is 0 Å². The van der Waals surface area contributed by atoms with Gasteiger partial charge in [0.2, 0.25) is 0 Å². The highest BCUT2D eigenvalue weighted by Gasteiger charge is 2.17. The number of carbonyl (C=O) groups excluding carboxylic acids is 1. The SMILES string of the molecule is O=C(c1ccccc1)c1cc2cc(Br)cc(O)c2oc1=O. The van der Waals surface area contributed by atoms with Gasteiger partial charge in [0.1, 0.15) is 5.56 Å². The minimum atomic E-state index is -0.769. The first kappa shape index (κ1) is 13.6. The van der Waals surface area contributed by atoms with E-state index < -0.39 is 11.4 Å². The summed E-state index contributed by atoms with van der Waals surface area (Å²) < 4.78 is 5.70. The Bertz CT molecular complexity index is 897. The van der Waals surface area contributed by atoms with Crippen LogP contribution in [0.2, 0.25) is 0 Å². The fourth-order valence-electron chi connectivity index (χ4n) is 2.08. The number of phenols is 1. The molecule has 0 unspecified atom stereocenters. The Morgan fingerprint density at radius 1 is 1.10 bits per heavy atom. The highest BCUT2D eigenvalue weighted by Crippen LogP contribution is 2.28. The highest BCUT2D eigenvalue weighted by molar-refractivity contribution is 9.10. The molecule has 0 atom stereocenters. The predicted molar refractivity (Wildman–Crippen MR) is 81.7 cm³/mol. The molecule has 0 aliphatic heterocycles. The Balaban J connectivity index is 2.22. The molecule has 1 N–H and O–H groups in total. The minimum Gasteiger partial charge on any atom is -0.504 e. The van der Waals surface area contributed by atoms with E-state index in [1.54, 1.807) is 36.4 Å². The lowest BCUT2D eigenvalue weighted by Gasteiger charge is -2.04. The number of carbonyl (C=O) groups is 1. The van der Waals surface area contributed by atoms with Gasteiger partial charge in [-0.2, -0.15) is 0 Å². The molecule has 4 nitrogen and oxygen atoms in total. The molecular formula is C16H9BrO4. The Labute approximate surface area is 127 Å². The standard InChI is InChI=1S/C16H9BrO4/c17-11-6-10-7-12(14(19)9-4-2-1-3-5-9)16(20)21-15(10)13(18)8-11/h1-8,18H. The summed E-state index contributed by atoms with van der Waals surface area (Å²) in [5.74, 6) is -0.569. The number of hydrogen-bond donors (Lipinski definition) is 1. The predicted octanol–water partition coefficient (Wildman–Crippen LogP) is 3.49. The lowest BCUT2D eigenvalue weighted by Crippen LogP contribution is -2.14. The summed E-state index contributed by atoms with van der Waals surface area (Å²) in [6.07, 6.45) is 0. The number of halogens is 1. The number of ketones is 1. The van der Waals surface area contributed by atoms with Gasteiger partial charge < -0.3 is 9.52 Å². The molecule has 0 saturated heterocycles. The topological polar surface area (TPSA) is 67.5 Å². The van der Waals surface area contributed by atoms with Crippen molar-refractivity contribution in [1.82, 2.24) is 0 Å². The van der Waals surface area contributed by atoms with Gasteiger partial charge in [0, 0.05) is 15.4 Å². The van der Waals surface area contributed by atoms with Gasteiger partial charge in [-0.1, -0.05) is 46.3 Å². The molecule has 2 aromatic carbocycles. The molecule has 1 aromatic heterocycles. The van der Waals surface area contributed by atoms with Crippen LogP contribution in [0.4, 0.5) is 0 Å². The van der Waals surface area contributed by atoms with Crippen LogP contribution in [0.5, 0.6) is 5.75 Å². The summed E-state index contributed by atoms with van der Waals surface area (Å²) in [6.45, 7) is 0. The van der Waals surface area contributed by atoms with E-state index in [2.05, 4.69) is 15.9 Å². The van der Waals surface area contributed by atoms with E-state index in [1.165, 1.54) is 12.1 Å². The molecule has 5 heteroatoms. The van der Waals surface area contributed by atoms with Crippen molar-refractivity contribution in [1.29, 1.82) is 0 Å². The van der Waals surface area contributed by atoms with Crippen molar-refractivity contribution >= 4 is 32.7 Å². The molecule has 0 fully saturated rings. The lowest BCUT2D eigenvalue weighted by atomic mass is 10.0. The maximum atomic E-state index is 12.3. The van der Waals surface area contributed by atoms with Crippen molar-refractivity contribution in [3.8, 4) is 5.75 Å². The average molecular weight is 345 g/mol. The van der Waals surface area contributed by atoms with Crippen molar-refractivity contribution in [2.75, 3.05) is 0 Å². The van der Waals surface area contributed by atoms with E-state index in [9.17, 15) is 14.7 Å². The lowest BCUT2D eigenvalue weighted by molar-refractivity contribution is 0.103. The molecular weight excluding hydrogens is 336 g/mol. The number of hydrogen-bond acceptors (Lipinski definition) is 4. The first-order valence-corrected chi connectivity index (χ1v) is 6.91. The van der Waals surface area contributed by atoms with Gasteiger partial charge in [-0.25, -0.2) is 4.79 Å². The first-order valence-electron chi connectivity index (χ1n) is 6.12. The van der Waals surface area contributed by atoms with Gasteiger partial charge in [-0.3, -0.25) is 4.79 Å². The van der Waals surface area contributed by atoms with Crippen LogP contribution in [0.15, 0.2) is 62.2 Å². The third kappa shape index (κ3) is 2.48. The molecule has 1 heterocycles. The molecule has 0 radical (unpaired) electrons. The molecule has 3 aromatic rings. The molecule has 104 valence electrons. The molecule has 0 bridgehead atoms. The monoisotopic (exact) mass is 344 g/mol. The van der Waals surface area contributed by atoms with E-state index in [-0.39, 0.29) is 16.9 Å². The quantitative estimate of drug-likeness (QED) is 0.570. The van der Waals surface area contributed by atoms with Crippen LogP contribution in [0, 0.1) is 0 Å². The molecule has 3 rings (SSSR count). The fraction of sp³-hybridized carbons (Fsp3) is 0. The first-order chi connectivity index (χ1) is 10.1. The van der Waals surface area contributed by atoms with Crippen molar-refractivity contribution < 1.29 is 14.3 Å². The van der Waals surface area contributed by atoms with Gasteiger partial charge in [-0.05, 0) is 18.2 Å². The Morgan fingerprint density at radius 2 is 1.81 bits per heavy atom. The zero-order valence-electron chi connectivity index (χ0n) is 10.7. The minimum absolute atomic E-state index is 0.0628. The van der Waals surface area contributed by atoms with Crippen molar-refractivity contribution in [2.24, 2.45) is 0 Å². The van der Waals surface area contributed by atoms with Crippen LogP contribution in [0.3, 0.4) is 0 Å². The van der Waals surface area contributed by atoms with Gasteiger partial charge in [0.25, 0.3) is 0 Å². The number of benzene rings is 2. The number of fused-ring (bicyclic) bond motifs is 1. The smallest absolute Gasteiger partial charge is 0.347 e. The third-order valence-electron chi connectivity index (χ3n) is 3.06. The Kier molecular flexibility index (Phi) is 3.35. The van der Waals surface area contributed by atoms with Crippen LogP contribution >= 0.6 is 15.9 Å². The molecule has 0 aliphatic carbocycles. The largest absolute Gasteiger partial charge is 0.504 e. The molecule has 0 saturated carbocycles. The fourth-order valence-corrected chi connectivity index (χ4v) is 2.55. The van der Waals surface area contributed by atoms with Crippen LogP contribution in [-0.2, 0) is 0 Å². The number of rotatable bonds is 2. The van der Waals surface area contributed by atoms with Crippen LogP contribution in [-0.4, -0.2) is 10.9 Å². The summed E-state index contributed by atoms with van der Waals surface area (Å²) >= 11 is 3.24. The van der Waals surface area contributed by atoms with E-state index in [0.29, 0.717) is 15.4 Å². The van der Waals surface area contributed by atoms with Crippen LogP contribution < -0.4 is 5.63 Å². The average Bonchev–Trinajstić information content (AvgIpc) is 2.48. The van der Waals surface area contributed by atoms with Crippen LogP contribution in [0.1, 0.15) is 15.9 Å². The summed E-state index contributed by atoms with van der Waals surface area (Å²) in [6, 6.07) is 13.0. The summed E-state index contributed by atoms with van der Waals surface area (Å²) in [5, 5.41) is 10.2. The van der Waals surface area contributed by atoms with Gasteiger partial charge in [0.15, 0.2) is 17.1 Å². The molecule has 0 aliphatic rings. The maximum Gasteiger partial charge on any atom is 0.347 e. The Hall–Kier alpha value is -2.40. The summed E-state index contributed by atoms with van der Waals surface area (Å²) in [4.78, 5) is 24.3. The van der Waals surface area contributed by atoms with Crippen molar-refractivity contribution in [2.45, 2.75) is 0 Å². The van der Waals surface area contributed by atoms with Crippen molar-refractivity contribution in [3.63, 3.8) is 0 Å². The molecule has 0 spiro atoms. The van der Waals surface area contributed by atoms with Gasteiger partial charge in [-0.15, -0.1) is 0 Å². The Morgan fingerprint density at radius 3 is 2.52 bits per heavy atom. The zero-order chi connectivity index (χ0) is 15.0. The van der Waals surface area contributed by atoms with E-state index in [1.807, 2.05) is 0 Å². The zero-order valence-corrected chi connectivity index (χ0v) is 12.3. The summed E-state index contributed by atoms with van der Waals surface area (Å²) in [5.41, 5.74) is -0.364. The second-order valence-electron chi connectivity index (χ2n) is 4.49. The van der Waals surface area contributed by atoms with Gasteiger partial charge in [0.05, 0.1) is 0 Å². The van der Waals surface area contributed by atoms with Crippen LogP contribution in [0.25, 0.3) is 11.0 Å². The maximum absolute atomic E-state index is 12.3. The summed E-state index contributed by atoms with van der Waals surface area (Å²) in [7, 11) is 0. The van der Waals surface area contributed by atoms with Crippen molar-refractivity contribution in [3.05, 3.63) is 74.6 Å².